The first kappa shape index (κ1) is 12.4. The molecule has 0 amide bonds. The van der Waals surface area contributed by atoms with Gasteiger partial charge in [0.1, 0.15) is 0 Å². The van der Waals surface area contributed by atoms with Crippen molar-refractivity contribution in [2.24, 2.45) is 0 Å². The number of halogens is 1. The summed E-state index contributed by atoms with van der Waals surface area (Å²) in [6.45, 7) is 2.18. The third-order valence-corrected chi connectivity index (χ3v) is 3.41. The highest BCUT2D eigenvalue weighted by molar-refractivity contribution is 14.1. The van der Waals surface area contributed by atoms with Gasteiger partial charge in [0.2, 0.25) is 0 Å². The normalized spacial score (nSPS) is 12.1. The summed E-state index contributed by atoms with van der Waals surface area (Å²) in [6, 6.07) is 4.33. The number of unbranched alkanes of at least 4 members (excludes halogenated alkanes) is 2. The van der Waals surface area contributed by atoms with E-state index >= 15 is 0 Å². The minimum absolute atomic E-state index is 0.0112. The van der Waals surface area contributed by atoms with Crippen molar-refractivity contribution < 1.29 is 0 Å². The number of nitriles is 1. The number of aromatic nitrogens is 1. The number of nitrogens with zero attached hydrogens (tertiary/aromatic N) is 2. The van der Waals surface area contributed by atoms with Crippen LogP contribution in [0, 0.1) is 14.9 Å². The minimum atomic E-state index is 0.0112. The molecule has 0 radical (unpaired) electrons. The zero-order valence-corrected chi connectivity index (χ0v) is 11.1. The Morgan fingerprint density at radius 2 is 2.33 bits per heavy atom. The average molecular weight is 314 g/mol. The first-order valence-corrected chi connectivity index (χ1v) is 6.36. The van der Waals surface area contributed by atoms with Crippen molar-refractivity contribution in [3.63, 3.8) is 0 Å². The third kappa shape index (κ3) is 3.78. The van der Waals surface area contributed by atoms with Crippen molar-refractivity contribution in [2.75, 3.05) is 0 Å². The molecular weight excluding hydrogens is 299 g/mol. The number of pyridine rings is 1. The third-order valence-electron chi connectivity index (χ3n) is 2.42. The largest absolute Gasteiger partial charge is 0.264 e. The van der Waals surface area contributed by atoms with Crippen LogP contribution in [-0.2, 0) is 0 Å². The molecule has 1 heterocycles. The lowest BCUT2D eigenvalue weighted by Crippen LogP contribution is -1.99. The van der Waals surface area contributed by atoms with E-state index in [0.717, 1.165) is 22.0 Å². The van der Waals surface area contributed by atoms with Crippen molar-refractivity contribution >= 4 is 22.6 Å². The van der Waals surface area contributed by atoms with E-state index in [1.165, 1.54) is 12.8 Å². The Bertz CT molecular complexity index is 344. The highest BCUT2D eigenvalue weighted by Crippen LogP contribution is 2.25. The summed E-state index contributed by atoms with van der Waals surface area (Å²) in [7, 11) is 0. The van der Waals surface area contributed by atoms with Gasteiger partial charge in [0.15, 0.2) is 0 Å². The van der Waals surface area contributed by atoms with Crippen molar-refractivity contribution in [1.82, 2.24) is 4.98 Å². The Hall–Kier alpha value is -0.630. The van der Waals surface area contributed by atoms with Gasteiger partial charge >= 0.3 is 0 Å². The molecule has 0 N–H and O–H groups in total. The first-order valence-electron chi connectivity index (χ1n) is 5.28. The van der Waals surface area contributed by atoms with Gasteiger partial charge in [0.05, 0.1) is 12.0 Å². The summed E-state index contributed by atoms with van der Waals surface area (Å²) in [5, 5.41) is 9.12. The van der Waals surface area contributed by atoms with Crippen LogP contribution in [0.2, 0.25) is 0 Å². The predicted molar refractivity (Wildman–Crippen MR) is 69.5 cm³/mol. The van der Waals surface area contributed by atoms with Crippen LogP contribution < -0.4 is 0 Å². The lowest BCUT2D eigenvalue weighted by molar-refractivity contribution is 0.631. The fourth-order valence-corrected chi connectivity index (χ4v) is 2.21. The lowest BCUT2D eigenvalue weighted by atomic mass is 9.96. The lowest BCUT2D eigenvalue weighted by Gasteiger charge is -2.10. The SMILES string of the molecule is CCCCCC(C#N)c1cnccc1I. The summed E-state index contributed by atoms with van der Waals surface area (Å²) in [5.74, 6) is 0.0112. The Morgan fingerprint density at radius 1 is 1.53 bits per heavy atom. The van der Waals surface area contributed by atoms with Crippen molar-refractivity contribution in [3.8, 4) is 6.07 Å². The van der Waals surface area contributed by atoms with Crippen LogP contribution in [-0.4, -0.2) is 4.98 Å². The van der Waals surface area contributed by atoms with Gasteiger partial charge < -0.3 is 0 Å². The van der Waals surface area contributed by atoms with E-state index in [2.05, 4.69) is 40.6 Å². The van der Waals surface area contributed by atoms with Gasteiger partial charge in [-0.1, -0.05) is 26.2 Å². The van der Waals surface area contributed by atoms with Crippen LogP contribution in [0.5, 0.6) is 0 Å². The van der Waals surface area contributed by atoms with Gasteiger partial charge in [-0.05, 0) is 35.1 Å². The molecule has 0 aliphatic heterocycles. The minimum Gasteiger partial charge on any atom is -0.264 e. The van der Waals surface area contributed by atoms with E-state index in [-0.39, 0.29) is 5.92 Å². The molecule has 0 saturated carbocycles. The number of rotatable bonds is 5. The van der Waals surface area contributed by atoms with E-state index in [1.54, 1.807) is 6.20 Å². The van der Waals surface area contributed by atoms with E-state index in [0.29, 0.717) is 0 Å². The monoisotopic (exact) mass is 314 g/mol. The topological polar surface area (TPSA) is 36.7 Å². The molecule has 0 aliphatic carbocycles. The second-order valence-corrected chi connectivity index (χ2v) is 4.74. The second-order valence-electron chi connectivity index (χ2n) is 3.57. The van der Waals surface area contributed by atoms with Gasteiger partial charge in [0, 0.05) is 21.5 Å². The summed E-state index contributed by atoms with van der Waals surface area (Å²) in [6.07, 6.45) is 8.07. The van der Waals surface area contributed by atoms with Crippen LogP contribution in [0.25, 0.3) is 0 Å². The average Bonchev–Trinajstić information content (AvgIpc) is 2.26. The Labute approximate surface area is 105 Å². The maximum atomic E-state index is 9.12. The van der Waals surface area contributed by atoms with Crippen molar-refractivity contribution in [2.45, 2.75) is 38.5 Å². The molecule has 1 unspecified atom stereocenters. The standard InChI is InChI=1S/C12H15IN2/c1-2-3-4-5-10(8-14)11-9-15-7-6-12(11)13/h6-7,9-10H,2-5H2,1H3. The Kier molecular flexibility index (Phi) is 5.62. The maximum absolute atomic E-state index is 9.12. The smallest absolute Gasteiger partial charge is 0.0738 e. The molecular formula is C12H15IN2. The van der Waals surface area contributed by atoms with Crippen molar-refractivity contribution in [3.05, 3.63) is 27.6 Å². The molecule has 3 heteroatoms. The molecule has 1 rings (SSSR count). The summed E-state index contributed by atoms with van der Waals surface area (Å²) >= 11 is 2.27. The van der Waals surface area contributed by atoms with Gasteiger partial charge in [0.25, 0.3) is 0 Å². The fraction of sp³-hybridized carbons (Fsp3) is 0.500. The fourth-order valence-electron chi connectivity index (χ4n) is 1.53. The van der Waals surface area contributed by atoms with Gasteiger partial charge in [-0.2, -0.15) is 5.26 Å². The molecule has 2 nitrogen and oxygen atoms in total. The predicted octanol–water partition coefficient (Wildman–Crippen LogP) is 3.87. The number of hydrogen-bond acceptors (Lipinski definition) is 2. The molecule has 0 fully saturated rings. The van der Waals surface area contributed by atoms with Gasteiger partial charge in [-0.25, -0.2) is 0 Å². The highest BCUT2D eigenvalue weighted by Gasteiger charge is 2.13. The molecule has 1 aromatic heterocycles. The molecule has 0 saturated heterocycles. The molecule has 80 valence electrons. The van der Waals surface area contributed by atoms with E-state index in [9.17, 15) is 0 Å². The van der Waals surface area contributed by atoms with Gasteiger partial charge in [-0.3, -0.25) is 4.98 Å². The van der Waals surface area contributed by atoms with Crippen LogP contribution in [0.4, 0.5) is 0 Å². The van der Waals surface area contributed by atoms with Crippen molar-refractivity contribution in [1.29, 1.82) is 5.26 Å². The zero-order chi connectivity index (χ0) is 11.1. The Balaban J connectivity index is 2.67. The summed E-state index contributed by atoms with van der Waals surface area (Å²) in [5.41, 5.74) is 1.08. The maximum Gasteiger partial charge on any atom is 0.0738 e. The van der Waals surface area contributed by atoms with E-state index < -0.39 is 0 Å². The molecule has 0 bridgehead atoms. The molecule has 15 heavy (non-hydrogen) atoms. The second kappa shape index (κ2) is 6.78. The molecule has 0 spiro atoms. The highest BCUT2D eigenvalue weighted by atomic mass is 127. The Morgan fingerprint density at radius 3 is 2.93 bits per heavy atom. The molecule has 0 aliphatic rings. The quantitative estimate of drug-likeness (QED) is 0.611. The van der Waals surface area contributed by atoms with Crippen LogP contribution in [0.15, 0.2) is 18.5 Å². The zero-order valence-electron chi connectivity index (χ0n) is 8.91. The van der Waals surface area contributed by atoms with Gasteiger partial charge in [-0.15, -0.1) is 0 Å². The van der Waals surface area contributed by atoms with Crippen LogP contribution >= 0.6 is 22.6 Å². The van der Waals surface area contributed by atoms with E-state index in [4.69, 9.17) is 5.26 Å². The molecule has 1 atom stereocenters. The molecule has 1 aromatic rings. The van der Waals surface area contributed by atoms with Crippen LogP contribution in [0.1, 0.15) is 44.1 Å². The summed E-state index contributed by atoms with van der Waals surface area (Å²) in [4.78, 5) is 4.09. The van der Waals surface area contributed by atoms with Crippen LogP contribution in [0.3, 0.4) is 0 Å². The molecule has 0 aromatic carbocycles. The first-order chi connectivity index (χ1) is 7.29. The van der Waals surface area contributed by atoms with E-state index in [1.807, 2.05) is 12.3 Å². The number of hydrogen-bond donors (Lipinski definition) is 0. The summed E-state index contributed by atoms with van der Waals surface area (Å²) < 4.78 is 1.14.